The van der Waals surface area contributed by atoms with Crippen molar-refractivity contribution in [3.63, 3.8) is 0 Å². The molecule has 0 aromatic heterocycles. The number of benzene rings is 1. The Morgan fingerprint density at radius 2 is 2.12 bits per heavy atom. The molecule has 0 saturated heterocycles. The Kier molecular flexibility index (Phi) is 4.83. The van der Waals surface area contributed by atoms with Crippen LogP contribution in [-0.4, -0.2) is 19.1 Å². The zero-order chi connectivity index (χ0) is 12.0. The molecule has 0 unspecified atom stereocenters. The zero-order valence-electron chi connectivity index (χ0n) is 10.2. The molecule has 1 rings (SSSR count). The molecule has 3 heteroatoms. The Labute approximate surface area is 96.8 Å². The molecule has 0 heterocycles. The fraction of sp³-hybridized carbons (Fsp3) is 0.462. The fourth-order valence-corrected chi connectivity index (χ4v) is 1.47. The van der Waals surface area contributed by atoms with Crippen LogP contribution in [0.2, 0.25) is 0 Å². The minimum Gasteiger partial charge on any atom is -0.466 e. The van der Waals surface area contributed by atoms with Crippen molar-refractivity contribution in [1.82, 2.24) is 0 Å². The lowest BCUT2D eigenvalue weighted by atomic mass is 10.1. The molecular formula is C13H19NO2. The highest BCUT2D eigenvalue weighted by atomic mass is 16.5. The molecule has 88 valence electrons. The number of ether oxygens (including phenoxy) is 1. The van der Waals surface area contributed by atoms with Crippen molar-refractivity contribution in [2.24, 2.45) is 0 Å². The monoisotopic (exact) mass is 221 g/mol. The third-order valence-electron chi connectivity index (χ3n) is 2.55. The molecule has 0 aliphatic rings. The van der Waals surface area contributed by atoms with Gasteiger partial charge in [-0.3, -0.25) is 4.79 Å². The van der Waals surface area contributed by atoms with E-state index in [1.54, 1.807) is 0 Å². The van der Waals surface area contributed by atoms with Crippen molar-refractivity contribution in [3.8, 4) is 0 Å². The van der Waals surface area contributed by atoms with Gasteiger partial charge < -0.3 is 10.1 Å². The van der Waals surface area contributed by atoms with Crippen LogP contribution in [-0.2, 0) is 9.53 Å². The average Bonchev–Trinajstić information content (AvgIpc) is 2.25. The number of anilines is 1. The van der Waals surface area contributed by atoms with Gasteiger partial charge in [0, 0.05) is 12.2 Å². The Morgan fingerprint density at radius 3 is 2.81 bits per heavy atom. The maximum absolute atomic E-state index is 11.1. The van der Waals surface area contributed by atoms with Crippen molar-refractivity contribution in [2.45, 2.75) is 27.2 Å². The van der Waals surface area contributed by atoms with Crippen LogP contribution >= 0.6 is 0 Å². The molecule has 0 radical (unpaired) electrons. The molecule has 1 N–H and O–H groups in total. The summed E-state index contributed by atoms with van der Waals surface area (Å²) < 4.78 is 4.85. The summed E-state index contributed by atoms with van der Waals surface area (Å²) in [5.41, 5.74) is 3.57. The quantitative estimate of drug-likeness (QED) is 0.777. The first kappa shape index (κ1) is 12.6. The van der Waals surface area contributed by atoms with Crippen LogP contribution in [0.25, 0.3) is 0 Å². The molecule has 1 aromatic rings. The zero-order valence-corrected chi connectivity index (χ0v) is 10.2. The molecular weight excluding hydrogens is 202 g/mol. The highest BCUT2D eigenvalue weighted by molar-refractivity contribution is 5.70. The van der Waals surface area contributed by atoms with Crippen LogP contribution in [0.15, 0.2) is 18.2 Å². The number of aryl methyl sites for hydroxylation is 1. The van der Waals surface area contributed by atoms with Gasteiger partial charge in [0.25, 0.3) is 0 Å². The molecule has 1 aromatic carbocycles. The Balaban J connectivity index is 2.43. The van der Waals surface area contributed by atoms with E-state index in [4.69, 9.17) is 4.74 Å². The van der Waals surface area contributed by atoms with E-state index in [1.807, 2.05) is 19.1 Å². The highest BCUT2D eigenvalue weighted by Crippen LogP contribution is 2.17. The molecule has 0 saturated carbocycles. The van der Waals surface area contributed by atoms with E-state index in [2.05, 4.69) is 25.2 Å². The SMILES string of the molecule is CCOC(=O)CCNc1cccc(C)c1C. The molecule has 0 fully saturated rings. The highest BCUT2D eigenvalue weighted by Gasteiger charge is 2.03. The average molecular weight is 221 g/mol. The number of carbonyl (C=O) groups is 1. The summed E-state index contributed by atoms with van der Waals surface area (Å²) in [5.74, 6) is -0.152. The summed E-state index contributed by atoms with van der Waals surface area (Å²) in [7, 11) is 0. The van der Waals surface area contributed by atoms with Gasteiger partial charge in [0.1, 0.15) is 0 Å². The molecule has 0 spiro atoms. The van der Waals surface area contributed by atoms with Crippen LogP contribution in [0.3, 0.4) is 0 Å². The standard InChI is InChI=1S/C13H19NO2/c1-4-16-13(15)8-9-14-12-7-5-6-10(2)11(12)3/h5-7,14H,4,8-9H2,1-3H3. The van der Waals surface area contributed by atoms with Gasteiger partial charge in [0.15, 0.2) is 0 Å². The summed E-state index contributed by atoms with van der Waals surface area (Å²) in [6, 6.07) is 6.11. The maximum Gasteiger partial charge on any atom is 0.307 e. The second-order valence-electron chi connectivity index (χ2n) is 3.73. The van der Waals surface area contributed by atoms with Crippen molar-refractivity contribution < 1.29 is 9.53 Å². The molecule has 0 amide bonds. The van der Waals surface area contributed by atoms with Crippen molar-refractivity contribution in [3.05, 3.63) is 29.3 Å². The lowest BCUT2D eigenvalue weighted by Crippen LogP contribution is -2.11. The van der Waals surface area contributed by atoms with Crippen LogP contribution < -0.4 is 5.32 Å². The fourth-order valence-electron chi connectivity index (χ4n) is 1.47. The van der Waals surface area contributed by atoms with Crippen molar-refractivity contribution in [2.75, 3.05) is 18.5 Å². The maximum atomic E-state index is 11.1. The summed E-state index contributed by atoms with van der Waals surface area (Å²) >= 11 is 0. The first-order valence-corrected chi connectivity index (χ1v) is 5.61. The van der Waals surface area contributed by atoms with Gasteiger partial charge in [-0.1, -0.05) is 12.1 Å². The van der Waals surface area contributed by atoms with Gasteiger partial charge in [0.2, 0.25) is 0 Å². The van der Waals surface area contributed by atoms with Crippen LogP contribution in [0.4, 0.5) is 5.69 Å². The first-order valence-electron chi connectivity index (χ1n) is 5.61. The minimum atomic E-state index is -0.152. The number of esters is 1. The third-order valence-corrected chi connectivity index (χ3v) is 2.55. The number of rotatable bonds is 5. The van der Waals surface area contributed by atoms with Crippen molar-refractivity contribution >= 4 is 11.7 Å². The number of hydrogen-bond acceptors (Lipinski definition) is 3. The van der Waals surface area contributed by atoms with Gasteiger partial charge in [0.05, 0.1) is 13.0 Å². The van der Waals surface area contributed by atoms with Crippen molar-refractivity contribution in [1.29, 1.82) is 0 Å². The Bertz CT molecular complexity index is 361. The molecule has 0 bridgehead atoms. The molecule has 0 atom stereocenters. The van der Waals surface area contributed by atoms with Crippen LogP contribution in [0, 0.1) is 13.8 Å². The van der Waals surface area contributed by atoms with E-state index in [9.17, 15) is 4.79 Å². The van der Waals surface area contributed by atoms with Gasteiger partial charge in [-0.2, -0.15) is 0 Å². The van der Waals surface area contributed by atoms with Gasteiger partial charge in [-0.25, -0.2) is 0 Å². The normalized spacial score (nSPS) is 9.94. The lowest BCUT2D eigenvalue weighted by molar-refractivity contribution is -0.142. The van der Waals surface area contributed by atoms with E-state index in [0.717, 1.165) is 5.69 Å². The number of nitrogens with one attached hydrogen (secondary N) is 1. The Hall–Kier alpha value is -1.51. The predicted octanol–water partition coefficient (Wildman–Crippen LogP) is 2.67. The molecule has 16 heavy (non-hydrogen) atoms. The summed E-state index contributed by atoms with van der Waals surface area (Å²) in [6.07, 6.45) is 0.404. The predicted molar refractivity (Wildman–Crippen MR) is 65.7 cm³/mol. The largest absolute Gasteiger partial charge is 0.466 e. The number of carbonyl (C=O) groups excluding carboxylic acids is 1. The molecule has 0 aliphatic heterocycles. The number of hydrogen-bond donors (Lipinski definition) is 1. The van der Waals surface area contributed by atoms with E-state index >= 15 is 0 Å². The van der Waals surface area contributed by atoms with E-state index in [1.165, 1.54) is 11.1 Å². The van der Waals surface area contributed by atoms with E-state index in [0.29, 0.717) is 19.6 Å². The lowest BCUT2D eigenvalue weighted by Gasteiger charge is -2.10. The van der Waals surface area contributed by atoms with Crippen LogP contribution in [0.1, 0.15) is 24.5 Å². The third kappa shape index (κ3) is 3.57. The smallest absolute Gasteiger partial charge is 0.307 e. The molecule has 0 aliphatic carbocycles. The Morgan fingerprint density at radius 1 is 1.38 bits per heavy atom. The van der Waals surface area contributed by atoms with E-state index < -0.39 is 0 Å². The second kappa shape index (κ2) is 6.16. The summed E-state index contributed by atoms with van der Waals surface area (Å²) in [4.78, 5) is 11.1. The summed E-state index contributed by atoms with van der Waals surface area (Å²) in [5, 5.41) is 3.24. The molecule has 3 nitrogen and oxygen atoms in total. The minimum absolute atomic E-state index is 0.152. The van der Waals surface area contributed by atoms with Gasteiger partial charge >= 0.3 is 5.97 Å². The summed E-state index contributed by atoms with van der Waals surface area (Å²) in [6.45, 7) is 7.02. The van der Waals surface area contributed by atoms with Crippen LogP contribution in [0.5, 0.6) is 0 Å². The van der Waals surface area contributed by atoms with Gasteiger partial charge in [-0.05, 0) is 38.0 Å². The van der Waals surface area contributed by atoms with E-state index in [-0.39, 0.29) is 5.97 Å². The van der Waals surface area contributed by atoms with Gasteiger partial charge in [-0.15, -0.1) is 0 Å². The first-order chi connectivity index (χ1) is 7.65. The second-order valence-corrected chi connectivity index (χ2v) is 3.73. The topological polar surface area (TPSA) is 38.3 Å².